The lowest BCUT2D eigenvalue weighted by atomic mass is 10.3. The van der Waals surface area contributed by atoms with Crippen LogP contribution >= 0.6 is 0 Å². The summed E-state index contributed by atoms with van der Waals surface area (Å²) < 4.78 is 5.32. The van der Waals surface area contributed by atoms with Gasteiger partial charge in [0.25, 0.3) is 0 Å². The van der Waals surface area contributed by atoms with Crippen LogP contribution in [0, 0.1) is 0 Å². The van der Waals surface area contributed by atoms with Crippen LogP contribution in [0.1, 0.15) is 0 Å². The van der Waals surface area contributed by atoms with E-state index in [1.165, 1.54) is 0 Å². The van der Waals surface area contributed by atoms with Crippen LogP contribution in [0.5, 0.6) is 11.8 Å². The van der Waals surface area contributed by atoms with E-state index in [2.05, 4.69) is 15.0 Å². The first kappa shape index (κ1) is 9.20. The largest absolute Gasteiger partial charge is 0.424 e. The van der Waals surface area contributed by atoms with E-state index < -0.39 is 0 Å². The van der Waals surface area contributed by atoms with Crippen molar-refractivity contribution >= 4 is 11.9 Å². The third-order valence-corrected chi connectivity index (χ3v) is 1.60. The van der Waals surface area contributed by atoms with Gasteiger partial charge in [-0.05, 0) is 12.1 Å². The zero-order valence-electron chi connectivity index (χ0n) is 7.79. The number of anilines is 2. The monoisotopic (exact) mass is 203 g/mol. The van der Waals surface area contributed by atoms with Crippen LogP contribution in [0.4, 0.5) is 11.9 Å². The first-order valence-corrected chi connectivity index (χ1v) is 4.24. The topological polar surface area (TPSA) is 99.9 Å². The van der Waals surface area contributed by atoms with Gasteiger partial charge in [0.1, 0.15) is 5.75 Å². The second-order valence-corrected chi connectivity index (χ2v) is 2.75. The quantitative estimate of drug-likeness (QED) is 0.749. The van der Waals surface area contributed by atoms with Crippen LogP contribution in [-0.2, 0) is 0 Å². The number of nitrogens with two attached hydrogens (primary N) is 2. The minimum absolute atomic E-state index is 0.0356. The van der Waals surface area contributed by atoms with Crippen molar-refractivity contribution in [2.75, 3.05) is 11.5 Å². The molecule has 1 aromatic carbocycles. The molecule has 15 heavy (non-hydrogen) atoms. The summed E-state index contributed by atoms with van der Waals surface area (Å²) in [6.45, 7) is 0. The molecule has 1 heterocycles. The molecule has 0 unspecified atom stereocenters. The highest BCUT2D eigenvalue weighted by Crippen LogP contribution is 2.17. The molecule has 0 amide bonds. The van der Waals surface area contributed by atoms with Gasteiger partial charge in [-0.1, -0.05) is 18.2 Å². The predicted octanol–water partition coefficient (Wildman–Crippen LogP) is 0.828. The fourth-order valence-electron chi connectivity index (χ4n) is 1.03. The predicted molar refractivity (Wildman–Crippen MR) is 55.2 cm³/mol. The Balaban J connectivity index is 2.25. The molecule has 0 aliphatic heterocycles. The summed E-state index contributed by atoms with van der Waals surface area (Å²) in [5.74, 6) is 0.685. The normalized spacial score (nSPS) is 9.87. The standard InChI is InChI=1S/C9H9N5O/c10-7-12-8(11)14-9(13-7)15-6-4-2-1-3-5-6/h1-5H,(H4,10,11,12,13,14). The lowest BCUT2D eigenvalue weighted by Gasteiger charge is -2.03. The van der Waals surface area contributed by atoms with Gasteiger partial charge in [0.15, 0.2) is 0 Å². The van der Waals surface area contributed by atoms with E-state index >= 15 is 0 Å². The third kappa shape index (κ3) is 2.31. The number of nitrogens with zero attached hydrogens (tertiary/aromatic N) is 3. The maximum atomic E-state index is 5.39. The van der Waals surface area contributed by atoms with Crippen LogP contribution in [-0.4, -0.2) is 15.0 Å². The Hall–Kier alpha value is -2.37. The fraction of sp³-hybridized carbons (Fsp3) is 0. The number of benzene rings is 1. The second-order valence-electron chi connectivity index (χ2n) is 2.75. The molecular weight excluding hydrogens is 194 g/mol. The molecule has 0 fully saturated rings. The van der Waals surface area contributed by atoms with Crippen LogP contribution in [0.25, 0.3) is 0 Å². The maximum Gasteiger partial charge on any atom is 0.328 e. The summed E-state index contributed by atoms with van der Waals surface area (Å²) in [6.07, 6.45) is 0. The van der Waals surface area contributed by atoms with Crippen LogP contribution in [0.15, 0.2) is 30.3 Å². The molecule has 0 aliphatic carbocycles. The Kier molecular flexibility index (Phi) is 2.32. The van der Waals surface area contributed by atoms with Gasteiger partial charge in [-0.2, -0.15) is 15.0 Å². The number of para-hydroxylation sites is 1. The van der Waals surface area contributed by atoms with Crippen molar-refractivity contribution in [3.8, 4) is 11.8 Å². The minimum Gasteiger partial charge on any atom is -0.424 e. The molecule has 0 spiro atoms. The van der Waals surface area contributed by atoms with Gasteiger partial charge in [-0.3, -0.25) is 0 Å². The van der Waals surface area contributed by atoms with E-state index in [0.29, 0.717) is 5.75 Å². The molecule has 0 aliphatic rings. The molecule has 0 saturated heterocycles. The molecule has 0 radical (unpaired) electrons. The lowest BCUT2D eigenvalue weighted by molar-refractivity contribution is 0.442. The molecule has 0 atom stereocenters. The molecule has 6 heteroatoms. The number of aromatic nitrogens is 3. The van der Waals surface area contributed by atoms with Crippen LogP contribution in [0.2, 0.25) is 0 Å². The SMILES string of the molecule is Nc1nc(N)nc(Oc2ccccc2)n1. The summed E-state index contributed by atoms with van der Waals surface area (Å²) in [6, 6.07) is 9.19. The van der Waals surface area contributed by atoms with Crippen molar-refractivity contribution in [1.82, 2.24) is 15.0 Å². The highest BCUT2D eigenvalue weighted by atomic mass is 16.5. The van der Waals surface area contributed by atoms with Gasteiger partial charge < -0.3 is 16.2 Å². The van der Waals surface area contributed by atoms with Crippen molar-refractivity contribution < 1.29 is 4.74 Å². The Labute approximate surface area is 85.9 Å². The molecule has 4 N–H and O–H groups in total. The molecule has 1 aromatic heterocycles. The van der Waals surface area contributed by atoms with Crippen LogP contribution < -0.4 is 16.2 Å². The van der Waals surface area contributed by atoms with Crippen molar-refractivity contribution in [3.63, 3.8) is 0 Å². The van der Waals surface area contributed by atoms with Gasteiger partial charge in [0.2, 0.25) is 11.9 Å². The molecule has 2 aromatic rings. The van der Waals surface area contributed by atoms with Gasteiger partial charge in [-0.25, -0.2) is 0 Å². The van der Waals surface area contributed by atoms with Crippen molar-refractivity contribution in [1.29, 1.82) is 0 Å². The van der Waals surface area contributed by atoms with Crippen molar-refractivity contribution in [2.45, 2.75) is 0 Å². The highest BCUT2D eigenvalue weighted by molar-refractivity contribution is 5.30. The van der Waals surface area contributed by atoms with Crippen LogP contribution in [0.3, 0.4) is 0 Å². The van der Waals surface area contributed by atoms with E-state index in [0.717, 1.165) is 0 Å². The number of hydrogen-bond donors (Lipinski definition) is 2. The summed E-state index contributed by atoms with van der Waals surface area (Å²) in [5, 5.41) is 0. The summed E-state index contributed by atoms with van der Waals surface area (Å²) in [5.41, 5.74) is 10.8. The summed E-state index contributed by atoms with van der Waals surface area (Å²) in [4.78, 5) is 11.2. The Morgan fingerprint density at radius 2 is 1.47 bits per heavy atom. The zero-order valence-corrected chi connectivity index (χ0v) is 7.79. The highest BCUT2D eigenvalue weighted by Gasteiger charge is 2.03. The van der Waals surface area contributed by atoms with Gasteiger partial charge >= 0.3 is 6.01 Å². The second kappa shape index (κ2) is 3.79. The average Bonchev–Trinajstić information content (AvgIpc) is 2.17. The van der Waals surface area contributed by atoms with Gasteiger partial charge in [0, 0.05) is 0 Å². The number of ether oxygens (including phenoxy) is 1. The molecule has 2 rings (SSSR count). The molecule has 0 saturated carbocycles. The fourth-order valence-corrected chi connectivity index (χ4v) is 1.03. The van der Waals surface area contributed by atoms with Crippen molar-refractivity contribution in [3.05, 3.63) is 30.3 Å². The van der Waals surface area contributed by atoms with Gasteiger partial charge in [-0.15, -0.1) is 0 Å². The number of nitrogen functional groups attached to an aromatic ring is 2. The molecule has 0 bridgehead atoms. The van der Waals surface area contributed by atoms with E-state index in [9.17, 15) is 0 Å². The van der Waals surface area contributed by atoms with Crippen molar-refractivity contribution in [2.24, 2.45) is 0 Å². The Bertz CT molecular complexity index is 439. The molecular formula is C9H9N5O. The first-order valence-electron chi connectivity index (χ1n) is 4.24. The third-order valence-electron chi connectivity index (χ3n) is 1.60. The lowest BCUT2D eigenvalue weighted by Crippen LogP contribution is -2.04. The summed E-state index contributed by atoms with van der Waals surface area (Å²) >= 11 is 0. The zero-order chi connectivity index (χ0) is 10.7. The molecule has 76 valence electrons. The number of rotatable bonds is 2. The van der Waals surface area contributed by atoms with E-state index in [1.54, 1.807) is 12.1 Å². The van der Waals surface area contributed by atoms with Gasteiger partial charge in [0.05, 0.1) is 0 Å². The number of hydrogen-bond acceptors (Lipinski definition) is 6. The summed E-state index contributed by atoms with van der Waals surface area (Å²) in [7, 11) is 0. The molecule has 6 nitrogen and oxygen atoms in total. The minimum atomic E-state index is 0.0356. The Morgan fingerprint density at radius 1 is 0.867 bits per heavy atom. The first-order chi connectivity index (χ1) is 7.24. The van der Waals surface area contributed by atoms with E-state index in [1.807, 2.05) is 18.2 Å². The maximum absolute atomic E-state index is 5.39. The average molecular weight is 203 g/mol. The Morgan fingerprint density at radius 3 is 2.07 bits per heavy atom. The van der Waals surface area contributed by atoms with E-state index in [4.69, 9.17) is 16.2 Å². The van der Waals surface area contributed by atoms with E-state index in [-0.39, 0.29) is 17.9 Å². The smallest absolute Gasteiger partial charge is 0.328 e.